The number of guanidine groups is 4. The van der Waals surface area contributed by atoms with E-state index in [4.69, 9.17) is 46.1 Å². The number of nitrogens with two attached hydrogens (primary N) is 4. The Labute approximate surface area is 234 Å². The quantitative estimate of drug-likeness (QED) is 0.115. The molecular weight excluding hydrogens is 523 g/mol. The van der Waals surface area contributed by atoms with Crippen LogP contribution in [0.4, 0.5) is 11.4 Å². The lowest BCUT2D eigenvalue weighted by Gasteiger charge is -2.05. The lowest BCUT2D eigenvalue weighted by atomic mass is 10.1. The van der Waals surface area contributed by atoms with Gasteiger partial charge >= 0.3 is 0 Å². The van der Waals surface area contributed by atoms with Gasteiger partial charge in [-0.1, -0.05) is 61.7 Å². The van der Waals surface area contributed by atoms with Crippen molar-refractivity contribution in [3.05, 3.63) is 58.6 Å². The molecule has 0 amide bonds. The molecule has 0 aliphatic rings. The van der Waals surface area contributed by atoms with Crippen LogP contribution >= 0.6 is 23.2 Å². The number of benzene rings is 2. The van der Waals surface area contributed by atoms with Gasteiger partial charge in [0.1, 0.15) is 0 Å². The minimum Gasteiger partial charge on any atom is -0.369 e. The van der Waals surface area contributed by atoms with Crippen molar-refractivity contribution >= 4 is 58.4 Å². The van der Waals surface area contributed by atoms with Gasteiger partial charge in [-0.25, -0.2) is 0 Å². The summed E-state index contributed by atoms with van der Waals surface area (Å²) >= 11 is 11.7. The maximum Gasteiger partial charge on any atom is 0.218 e. The van der Waals surface area contributed by atoms with Crippen molar-refractivity contribution in [1.29, 1.82) is 0 Å². The zero-order valence-electron chi connectivity index (χ0n) is 21.5. The molecule has 0 radical (unpaired) electrons. The Hall–Kier alpha value is -3.50. The summed E-state index contributed by atoms with van der Waals surface area (Å²) in [7, 11) is 0. The van der Waals surface area contributed by atoms with E-state index in [1.807, 2.05) is 0 Å². The Bertz CT molecular complexity index is 993. The second kappa shape index (κ2) is 17.9. The van der Waals surface area contributed by atoms with E-state index in [9.17, 15) is 0 Å². The molecule has 0 spiro atoms. The van der Waals surface area contributed by atoms with Gasteiger partial charge in [0.15, 0.2) is 0 Å². The van der Waals surface area contributed by atoms with Gasteiger partial charge < -0.3 is 33.6 Å². The number of nitrogens with one attached hydrogen (secondary N) is 2. The molecule has 2 aromatic rings. The monoisotopic (exact) mass is 560 g/mol. The maximum absolute atomic E-state index is 5.86. The van der Waals surface area contributed by atoms with Crippen LogP contribution in [-0.4, -0.2) is 36.9 Å². The number of unbranched alkanes of at least 4 members (excludes halogenated alkanes) is 7. The first kappa shape index (κ1) is 30.7. The lowest BCUT2D eigenvalue weighted by Crippen LogP contribution is -2.26. The van der Waals surface area contributed by atoms with Crippen molar-refractivity contribution in [3.63, 3.8) is 0 Å². The second-order valence-electron chi connectivity index (χ2n) is 8.57. The van der Waals surface area contributed by atoms with E-state index in [0.29, 0.717) is 23.1 Å². The van der Waals surface area contributed by atoms with E-state index in [2.05, 4.69) is 30.6 Å². The van der Waals surface area contributed by atoms with Crippen LogP contribution in [-0.2, 0) is 0 Å². The van der Waals surface area contributed by atoms with E-state index >= 15 is 0 Å². The van der Waals surface area contributed by atoms with E-state index < -0.39 is 0 Å². The molecule has 2 aromatic carbocycles. The van der Waals surface area contributed by atoms with Gasteiger partial charge in [-0.3, -0.25) is 9.98 Å². The molecule has 10 N–H and O–H groups in total. The highest BCUT2D eigenvalue weighted by Crippen LogP contribution is 2.14. The standard InChI is InChI=1S/C26H38Cl2N10/c27-19-9-13-21(14-10-19)35-25(31)37-23(29)33-17-7-5-3-1-2-4-6-8-18-34-24(30)38-26(32)36-22-15-11-20(28)12-16-22/h9-16H,1-8,17-18H2,(H5,29,31,33,35,37)(H5,30,32,34,36,38). The summed E-state index contributed by atoms with van der Waals surface area (Å²) < 4.78 is 0. The van der Waals surface area contributed by atoms with Crippen LogP contribution in [0, 0.1) is 0 Å². The predicted molar refractivity (Wildman–Crippen MR) is 163 cm³/mol. The smallest absolute Gasteiger partial charge is 0.218 e. The van der Waals surface area contributed by atoms with Gasteiger partial charge in [-0.05, 0) is 61.4 Å². The first-order valence-electron chi connectivity index (χ1n) is 12.6. The van der Waals surface area contributed by atoms with Crippen LogP contribution in [0.15, 0.2) is 68.5 Å². The molecule has 38 heavy (non-hydrogen) atoms. The summed E-state index contributed by atoms with van der Waals surface area (Å²) in [6.45, 7) is 1.26. The average Bonchev–Trinajstić information content (AvgIpc) is 2.87. The van der Waals surface area contributed by atoms with Crippen molar-refractivity contribution in [2.45, 2.75) is 51.4 Å². The number of aliphatic imine (C=N–C) groups is 4. The molecule has 0 saturated heterocycles. The van der Waals surface area contributed by atoms with E-state index in [-0.39, 0.29) is 23.8 Å². The third-order valence-corrected chi connectivity index (χ3v) is 5.82. The molecule has 12 heteroatoms. The summed E-state index contributed by atoms with van der Waals surface area (Å²) in [6.07, 6.45) is 8.84. The molecule has 0 bridgehead atoms. The van der Waals surface area contributed by atoms with Gasteiger partial charge in [-0.15, -0.1) is 0 Å². The Kier molecular flexibility index (Phi) is 14.4. The normalized spacial score (nSPS) is 13.0. The molecule has 0 saturated carbocycles. The van der Waals surface area contributed by atoms with Gasteiger partial charge in [0.25, 0.3) is 0 Å². The van der Waals surface area contributed by atoms with Gasteiger partial charge in [0, 0.05) is 34.5 Å². The average molecular weight is 562 g/mol. The third kappa shape index (κ3) is 14.3. The molecule has 0 atom stereocenters. The molecule has 0 fully saturated rings. The fourth-order valence-corrected chi connectivity index (χ4v) is 3.66. The summed E-state index contributed by atoms with van der Waals surface area (Å²) in [5.41, 5.74) is 24.9. The topological polar surface area (TPSA) is 178 Å². The Morgan fingerprint density at radius 1 is 0.526 bits per heavy atom. The highest BCUT2D eigenvalue weighted by Gasteiger charge is 1.99. The van der Waals surface area contributed by atoms with Gasteiger partial charge in [0.05, 0.1) is 0 Å². The van der Waals surface area contributed by atoms with Crippen LogP contribution in [0.3, 0.4) is 0 Å². The van der Waals surface area contributed by atoms with Crippen molar-refractivity contribution in [3.8, 4) is 0 Å². The fourth-order valence-electron chi connectivity index (χ4n) is 3.41. The zero-order chi connectivity index (χ0) is 27.6. The summed E-state index contributed by atoms with van der Waals surface area (Å²) in [6, 6.07) is 14.3. The number of halogens is 2. The lowest BCUT2D eigenvalue weighted by molar-refractivity contribution is 0.572. The minimum absolute atomic E-state index is 0.165. The first-order valence-corrected chi connectivity index (χ1v) is 13.4. The molecule has 0 aromatic heterocycles. The van der Waals surface area contributed by atoms with Crippen LogP contribution in [0.1, 0.15) is 51.4 Å². The molecule has 0 aliphatic heterocycles. The molecule has 206 valence electrons. The molecule has 0 aliphatic carbocycles. The summed E-state index contributed by atoms with van der Waals surface area (Å²) in [4.78, 5) is 16.6. The second-order valence-corrected chi connectivity index (χ2v) is 9.44. The minimum atomic E-state index is 0.165. The van der Waals surface area contributed by atoms with Gasteiger partial charge in [-0.2, -0.15) is 9.98 Å². The zero-order valence-corrected chi connectivity index (χ0v) is 23.1. The van der Waals surface area contributed by atoms with Crippen LogP contribution in [0.2, 0.25) is 10.0 Å². The Balaban J connectivity index is 1.48. The first-order chi connectivity index (χ1) is 18.3. The van der Waals surface area contributed by atoms with E-state index in [0.717, 1.165) is 37.1 Å². The summed E-state index contributed by atoms with van der Waals surface area (Å²) in [5, 5.41) is 7.19. The van der Waals surface area contributed by atoms with E-state index in [1.54, 1.807) is 48.5 Å². The highest BCUT2D eigenvalue weighted by molar-refractivity contribution is 6.31. The van der Waals surface area contributed by atoms with Crippen molar-refractivity contribution in [2.75, 3.05) is 23.7 Å². The van der Waals surface area contributed by atoms with Crippen molar-refractivity contribution in [1.82, 2.24) is 0 Å². The Morgan fingerprint density at radius 3 is 1.18 bits per heavy atom. The molecule has 2 rings (SSSR count). The molecule has 10 nitrogen and oxygen atoms in total. The number of hydrogen-bond donors (Lipinski definition) is 6. The van der Waals surface area contributed by atoms with Gasteiger partial charge in [0.2, 0.25) is 23.8 Å². The number of rotatable bonds is 13. The third-order valence-electron chi connectivity index (χ3n) is 5.32. The highest BCUT2D eigenvalue weighted by atomic mass is 35.5. The fraction of sp³-hybridized carbons (Fsp3) is 0.385. The summed E-state index contributed by atoms with van der Waals surface area (Å²) in [5.74, 6) is 0.701. The largest absolute Gasteiger partial charge is 0.369 e. The number of anilines is 2. The predicted octanol–water partition coefficient (Wildman–Crippen LogP) is 4.90. The number of hydrogen-bond acceptors (Lipinski definition) is 2. The van der Waals surface area contributed by atoms with Crippen LogP contribution in [0.5, 0.6) is 0 Å². The van der Waals surface area contributed by atoms with E-state index in [1.165, 1.54) is 25.7 Å². The van der Waals surface area contributed by atoms with Crippen LogP contribution < -0.4 is 33.6 Å². The van der Waals surface area contributed by atoms with Crippen molar-refractivity contribution in [2.24, 2.45) is 42.9 Å². The SMILES string of the molecule is NC(=NCCCCCCCCCCN=C(N)/N=C(\N)Nc1ccc(Cl)cc1)/N=C(\N)Nc1ccc(Cl)cc1. The van der Waals surface area contributed by atoms with Crippen LogP contribution in [0.25, 0.3) is 0 Å². The maximum atomic E-state index is 5.86. The molecular formula is C26H38Cl2N10. The Morgan fingerprint density at radius 2 is 0.842 bits per heavy atom. The number of nitrogens with zero attached hydrogens (tertiary/aromatic N) is 4. The molecule has 0 heterocycles. The molecule has 0 unspecified atom stereocenters. The van der Waals surface area contributed by atoms with Crippen molar-refractivity contribution < 1.29 is 0 Å².